The van der Waals surface area contributed by atoms with E-state index in [-0.39, 0.29) is 5.91 Å². The van der Waals surface area contributed by atoms with Crippen molar-refractivity contribution in [3.8, 4) is 0 Å². The number of aryl methyl sites for hydroxylation is 1. The van der Waals surface area contributed by atoms with Gasteiger partial charge in [-0.3, -0.25) is 4.79 Å². The van der Waals surface area contributed by atoms with Gasteiger partial charge in [0.2, 0.25) is 5.91 Å². The summed E-state index contributed by atoms with van der Waals surface area (Å²) in [6.07, 6.45) is 3.33. The molecule has 3 rings (SSSR count). The van der Waals surface area contributed by atoms with Crippen molar-refractivity contribution >= 4 is 29.0 Å². The second-order valence-electron chi connectivity index (χ2n) is 5.80. The van der Waals surface area contributed by atoms with Crippen molar-refractivity contribution in [3.63, 3.8) is 0 Å². The molecule has 3 aromatic carbocycles. The van der Waals surface area contributed by atoms with Crippen molar-refractivity contribution in [2.45, 2.75) is 6.92 Å². The van der Waals surface area contributed by atoms with Gasteiger partial charge in [0.15, 0.2) is 0 Å². The summed E-state index contributed by atoms with van der Waals surface area (Å²) in [5, 5.41) is 6.19. The Hall–Kier alpha value is -3.33. The normalized spacial score (nSPS) is 10.6. The van der Waals surface area contributed by atoms with E-state index < -0.39 is 0 Å². The highest BCUT2D eigenvalue weighted by Crippen LogP contribution is 2.19. The molecule has 0 spiro atoms. The fourth-order valence-corrected chi connectivity index (χ4v) is 2.36. The smallest absolute Gasteiger partial charge is 0.248 e. The number of carbonyl (C=O) groups is 1. The Labute approximate surface area is 148 Å². The van der Waals surface area contributed by atoms with Gasteiger partial charge in [-0.25, -0.2) is 0 Å². The van der Waals surface area contributed by atoms with Gasteiger partial charge >= 0.3 is 0 Å². The number of hydrogen-bond acceptors (Lipinski definition) is 2. The molecule has 0 heterocycles. The van der Waals surface area contributed by atoms with E-state index >= 15 is 0 Å². The maximum Gasteiger partial charge on any atom is 0.248 e. The lowest BCUT2D eigenvalue weighted by Crippen LogP contribution is -2.07. The van der Waals surface area contributed by atoms with E-state index in [1.807, 2.05) is 66.7 Å². The van der Waals surface area contributed by atoms with E-state index in [1.54, 1.807) is 6.08 Å². The van der Waals surface area contributed by atoms with Gasteiger partial charge in [-0.2, -0.15) is 0 Å². The van der Waals surface area contributed by atoms with Crippen LogP contribution in [0.3, 0.4) is 0 Å². The van der Waals surface area contributed by atoms with Gasteiger partial charge in [0.1, 0.15) is 0 Å². The Morgan fingerprint density at radius 2 is 1.32 bits per heavy atom. The topological polar surface area (TPSA) is 41.1 Å². The number of nitrogens with one attached hydrogen (secondary N) is 2. The quantitative estimate of drug-likeness (QED) is 0.616. The summed E-state index contributed by atoms with van der Waals surface area (Å²) in [7, 11) is 0. The van der Waals surface area contributed by atoms with Crippen molar-refractivity contribution in [3.05, 3.63) is 96.1 Å². The number of benzene rings is 3. The molecule has 0 atom stereocenters. The fraction of sp³-hybridized carbons (Fsp3) is 0.0455. The van der Waals surface area contributed by atoms with Gasteiger partial charge in [0.25, 0.3) is 0 Å². The lowest BCUT2D eigenvalue weighted by Gasteiger charge is -2.08. The molecule has 0 aliphatic carbocycles. The van der Waals surface area contributed by atoms with Crippen LogP contribution in [0.4, 0.5) is 17.1 Å². The molecule has 124 valence electrons. The molecule has 0 fully saturated rings. The fourth-order valence-electron chi connectivity index (χ4n) is 2.36. The lowest BCUT2D eigenvalue weighted by molar-refractivity contribution is -0.111. The molecular formula is C22H20N2O. The zero-order valence-corrected chi connectivity index (χ0v) is 14.1. The molecule has 1 amide bonds. The third-order valence-corrected chi connectivity index (χ3v) is 3.72. The minimum atomic E-state index is -0.150. The highest BCUT2D eigenvalue weighted by Gasteiger charge is 1.99. The molecule has 3 nitrogen and oxygen atoms in total. The molecule has 0 saturated carbocycles. The van der Waals surface area contributed by atoms with Crippen LogP contribution in [-0.4, -0.2) is 5.91 Å². The SMILES string of the molecule is Cc1ccc(Nc2ccc(NC(=O)C=Cc3ccccc3)cc2)cc1. The van der Waals surface area contributed by atoms with Crippen LogP contribution in [0, 0.1) is 6.92 Å². The van der Waals surface area contributed by atoms with E-state index in [2.05, 4.69) is 29.7 Å². The highest BCUT2D eigenvalue weighted by molar-refractivity contribution is 6.02. The van der Waals surface area contributed by atoms with Crippen molar-refractivity contribution in [1.82, 2.24) is 0 Å². The van der Waals surface area contributed by atoms with Crippen LogP contribution < -0.4 is 10.6 Å². The number of anilines is 3. The van der Waals surface area contributed by atoms with E-state index in [0.717, 1.165) is 22.6 Å². The van der Waals surface area contributed by atoms with Gasteiger partial charge in [-0.05, 0) is 55.0 Å². The Balaban J connectivity index is 1.57. The molecule has 0 bridgehead atoms. The van der Waals surface area contributed by atoms with Gasteiger partial charge in [-0.1, -0.05) is 48.0 Å². The summed E-state index contributed by atoms with van der Waals surface area (Å²) in [4.78, 5) is 12.0. The average Bonchev–Trinajstić information content (AvgIpc) is 2.64. The predicted molar refractivity (Wildman–Crippen MR) is 105 cm³/mol. The molecule has 0 aliphatic rings. The van der Waals surface area contributed by atoms with Gasteiger partial charge in [0, 0.05) is 23.1 Å². The Morgan fingerprint density at radius 3 is 1.96 bits per heavy atom. The summed E-state index contributed by atoms with van der Waals surface area (Å²) in [5.74, 6) is -0.150. The van der Waals surface area contributed by atoms with Crippen LogP contribution in [0.2, 0.25) is 0 Å². The first-order valence-electron chi connectivity index (χ1n) is 8.17. The Kier molecular flexibility index (Phi) is 5.27. The number of carbonyl (C=O) groups excluding carboxylic acids is 1. The lowest BCUT2D eigenvalue weighted by atomic mass is 10.2. The van der Waals surface area contributed by atoms with Crippen molar-refractivity contribution in [2.24, 2.45) is 0 Å². The highest BCUT2D eigenvalue weighted by atomic mass is 16.1. The van der Waals surface area contributed by atoms with Crippen LogP contribution >= 0.6 is 0 Å². The number of hydrogen-bond donors (Lipinski definition) is 2. The van der Waals surface area contributed by atoms with Crippen LogP contribution in [0.25, 0.3) is 6.08 Å². The second kappa shape index (κ2) is 7.97. The molecule has 0 saturated heterocycles. The molecule has 0 aliphatic heterocycles. The van der Waals surface area contributed by atoms with E-state index in [9.17, 15) is 4.79 Å². The first-order valence-corrected chi connectivity index (χ1v) is 8.17. The standard InChI is InChI=1S/C22H20N2O/c1-17-7-10-19(11-8-17)23-20-12-14-21(15-13-20)24-22(25)16-9-18-5-3-2-4-6-18/h2-16,23H,1H3,(H,24,25). The minimum Gasteiger partial charge on any atom is -0.356 e. The summed E-state index contributed by atoms with van der Waals surface area (Å²) in [6.45, 7) is 2.06. The molecule has 2 N–H and O–H groups in total. The molecule has 3 aromatic rings. The minimum absolute atomic E-state index is 0.150. The summed E-state index contributed by atoms with van der Waals surface area (Å²) in [5.41, 5.74) is 4.99. The average molecular weight is 328 g/mol. The van der Waals surface area contributed by atoms with Crippen LogP contribution in [-0.2, 0) is 4.79 Å². The molecule has 25 heavy (non-hydrogen) atoms. The molecule has 0 aromatic heterocycles. The van der Waals surface area contributed by atoms with Crippen LogP contribution in [0.5, 0.6) is 0 Å². The van der Waals surface area contributed by atoms with Crippen molar-refractivity contribution < 1.29 is 4.79 Å². The van der Waals surface area contributed by atoms with E-state index in [0.29, 0.717) is 0 Å². The first-order chi connectivity index (χ1) is 12.2. The summed E-state index contributed by atoms with van der Waals surface area (Å²) >= 11 is 0. The van der Waals surface area contributed by atoms with Gasteiger partial charge < -0.3 is 10.6 Å². The zero-order valence-electron chi connectivity index (χ0n) is 14.1. The molecule has 0 radical (unpaired) electrons. The summed E-state index contributed by atoms with van der Waals surface area (Å²) < 4.78 is 0. The largest absolute Gasteiger partial charge is 0.356 e. The Bertz CT molecular complexity index is 851. The van der Waals surface area contributed by atoms with Crippen LogP contribution in [0.1, 0.15) is 11.1 Å². The predicted octanol–water partition coefficient (Wildman–Crippen LogP) is 5.39. The molecule has 0 unspecified atom stereocenters. The van der Waals surface area contributed by atoms with Crippen molar-refractivity contribution in [1.29, 1.82) is 0 Å². The first kappa shape index (κ1) is 16.5. The number of rotatable bonds is 5. The van der Waals surface area contributed by atoms with E-state index in [1.165, 1.54) is 11.6 Å². The maximum atomic E-state index is 12.0. The zero-order chi connectivity index (χ0) is 17.5. The van der Waals surface area contributed by atoms with Gasteiger partial charge in [0.05, 0.1) is 0 Å². The third kappa shape index (κ3) is 5.08. The molecular weight excluding hydrogens is 308 g/mol. The second-order valence-corrected chi connectivity index (χ2v) is 5.80. The maximum absolute atomic E-state index is 12.0. The van der Waals surface area contributed by atoms with Crippen LogP contribution in [0.15, 0.2) is 84.9 Å². The third-order valence-electron chi connectivity index (χ3n) is 3.72. The number of amides is 1. The van der Waals surface area contributed by atoms with E-state index in [4.69, 9.17) is 0 Å². The van der Waals surface area contributed by atoms with Gasteiger partial charge in [-0.15, -0.1) is 0 Å². The summed E-state index contributed by atoms with van der Waals surface area (Å²) in [6, 6.07) is 25.6. The Morgan fingerprint density at radius 1 is 0.760 bits per heavy atom. The van der Waals surface area contributed by atoms with Crippen molar-refractivity contribution in [2.75, 3.05) is 10.6 Å². The monoisotopic (exact) mass is 328 g/mol. The molecule has 3 heteroatoms.